The molecular formula is C9H17NO3. The lowest BCUT2D eigenvalue weighted by molar-refractivity contribution is -0.142. The van der Waals surface area contributed by atoms with Gasteiger partial charge in [-0.05, 0) is 19.8 Å². The standard InChI is InChI=1S/C9H17NO3/c1-7(11)9(12)10-5-3-4-8(6-10)13-2/h7-8,11H,3-6H2,1-2H3/t7-,8+/m0/s1. The second-order valence-electron chi connectivity index (χ2n) is 3.46. The van der Waals surface area contributed by atoms with Gasteiger partial charge in [0.05, 0.1) is 6.10 Å². The molecule has 0 radical (unpaired) electrons. The lowest BCUT2D eigenvalue weighted by atomic mass is 10.1. The third kappa shape index (κ3) is 2.67. The molecular weight excluding hydrogens is 170 g/mol. The summed E-state index contributed by atoms with van der Waals surface area (Å²) in [5.41, 5.74) is 0. The van der Waals surface area contributed by atoms with Crippen LogP contribution in [0.15, 0.2) is 0 Å². The fourth-order valence-corrected chi connectivity index (χ4v) is 1.59. The number of carbonyl (C=O) groups excluding carboxylic acids is 1. The highest BCUT2D eigenvalue weighted by atomic mass is 16.5. The summed E-state index contributed by atoms with van der Waals surface area (Å²) in [5.74, 6) is -0.193. The Morgan fingerprint density at radius 1 is 1.69 bits per heavy atom. The largest absolute Gasteiger partial charge is 0.384 e. The number of amides is 1. The number of aliphatic hydroxyl groups is 1. The van der Waals surface area contributed by atoms with Gasteiger partial charge < -0.3 is 14.7 Å². The molecule has 0 aromatic rings. The van der Waals surface area contributed by atoms with E-state index in [-0.39, 0.29) is 12.0 Å². The highest BCUT2D eigenvalue weighted by Crippen LogP contribution is 2.13. The zero-order chi connectivity index (χ0) is 9.84. The lowest BCUT2D eigenvalue weighted by Gasteiger charge is -2.32. The maximum atomic E-state index is 11.4. The van der Waals surface area contributed by atoms with Crippen molar-refractivity contribution in [2.75, 3.05) is 20.2 Å². The van der Waals surface area contributed by atoms with Crippen LogP contribution < -0.4 is 0 Å². The van der Waals surface area contributed by atoms with Gasteiger partial charge in [0.15, 0.2) is 0 Å². The number of rotatable bonds is 2. The minimum Gasteiger partial charge on any atom is -0.384 e. The van der Waals surface area contributed by atoms with Crippen molar-refractivity contribution in [3.8, 4) is 0 Å². The number of hydrogen-bond acceptors (Lipinski definition) is 3. The summed E-state index contributed by atoms with van der Waals surface area (Å²) in [6.45, 7) is 2.85. The smallest absolute Gasteiger partial charge is 0.251 e. The second-order valence-corrected chi connectivity index (χ2v) is 3.46. The SMILES string of the molecule is CO[C@@H]1CCCN(C(=O)[C@H](C)O)C1. The average Bonchev–Trinajstić information content (AvgIpc) is 2.16. The van der Waals surface area contributed by atoms with Gasteiger partial charge in [-0.25, -0.2) is 0 Å². The number of ether oxygens (including phenoxy) is 1. The van der Waals surface area contributed by atoms with Crippen LogP contribution in [0.5, 0.6) is 0 Å². The van der Waals surface area contributed by atoms with Gasteiger partial charge in [-0.3, -0.25) is 4.79 Å². The molecule has 1 saturated heterocycles. The minimum atomic E-state index is -0.893. The summed E-state index contributed by atoms with van der Waals surface area (Å²) in [6.07, 6.45) is 1.20. The summed E-state index contributed by atoms with van der Waals surface area (Å²) in [7, 11) is 1.65. The molecule has 0 saturated carbocycles. The van der Waals surface area contributed by atoms with E-state index in [1.807, 2.05) is 0 Å². The molecule has 1 aliphatic heterocycles. The first-order valence-corrected chi connectivity index (χ1v) is 4.64. The zero-order valence-electron chi connectivity index (χ0n) is 8.19. The molecule has 2 atom stereocenters. The molecule has 76 valence electrons. The molecule has 1 amide bonds. The van der Waals surface area contributed by atoms with Crippen molar-refractivity contribution in [1.29, 1.82) is 0 Å². The Kier molecular flexibility index (Phi) is 3.69. The van der Waals surface area contributed by atoms with Gasteiger partial charge in [0.1, 0.15) is 6.10 Å². The number of likely N-dealkylation sites (tertiary alicyclic amines) is 1. The third-order valence-corrected chi connectivity index (χ3v) is 2.38. The molecule has 1 heterocycles. The second kappa shape index (κ2) is 4.58. The molecule has 0 aliphatic carbocycles. The van der Waals surface area contributed by atoms with Crippen molar-refractivity contribution in [2.24, 2.45) is 0 Å². The molecule has 0 aromatic heterocycles. The molecule has 0 bridgehead atoms. The first-order chi connectivity index (χ1) is 6.15. The van der Waals surface area contributed by atoms with Crippen LogP contribution in [0, 0.1) is 0 Å². The van der Waals surface area contributed by atoms with Crippen molar-refractivity contribution >= 4 is 5.91 Å². The first-order valence-electron chi connectivity index (χ1n) is 4.64. The molecule has 1 aliphatic rings. The Hall–Kier alpha value is -0.610. The zero-order valence-corrected chi connectivity index (χ0v) is 8.19. The predicted octanol–water partition coefficient (Wildman–Crippen LogP) is 0.00460. The van der Waals surface area contributed by atoms with Crippen molar-refractivity contribution < 1.29 is 14.6 Å². The van der Waals surface area contributed by atoms with Gasteiger partial charge in [-0.1, -0.05) is 0 Å². The maximum Gasteiger partial charge on any atom is 0.251 e. The summed E-state index contributed by atoms with van der Waals surface area (Å²) in [4.78, 5) is 13.0. The van der Waals surface area contributed by atoms with Gasteiger partial charge in [0.25, 0.3) is 5.91 Å². The number of piperidine rings is 1. The Labute approximate surface area is 78.5 Å². The molecule has 1 N–H and O–H groups in total. The van der Waals surface area contributed by atoms with E-state index in [1.54, 1.807) is 12.0 Å². The van der Waals surface area contributed by atoms with Gasteiger partial charge in [-0.15, -0.1) is 0 Å². The van der Waals surface area contributed by atoms with E-state index in [0.29, 0.717) is 6.54 Å². The van der Waals surface area contributed by atoms with E-state index in [9.17, 15) is 4.79 Å². The van der Waals surface area contributed by atoms with Crippen LogP contribution in [0.4, 0.5) is 0 Å². The molecule has 4 nitrogen and oxygen atoms in total. The predicted molar refractivity (Wildman–Crippen MR) is 48.3 cm³/mol. The number of nitrogens with zero attached hydrogens (tertiary/aromatic N) is 1. The quantitative estimate of drug-likeness (QED) is 0.662. The molecule has 0 unspecified atom stereocenters. The summed E-state index contributed by atoms with van der Waals surface area (Å²) < 4.78 is 5.18. The van der Waals surface area contributed by atoms with Crippen LogP contribution in [0.3, 0.4) is 0 Å². The Balaban J connectivity index is 2.46. The fraction of sp³-hybridized carbons (Fsp3) is 0.889. The Morgan fingerprint density at radius 2 is 2.38 bits per heavy atom. The highest BCUT2D eigenvalue weighted by molar-refractivity contribution is 5.80. The summed E-state index contributed by atoms with van der Waals surface area (Å²) in [6, 6.07) is 0. The number of methoxy groups -OCH3 is 1. The first kappa shape index (κ1) is 10.5. The van der Waals surface area contributed by atoms with E-state index in [2.05, 4.69) is 0 Å². The minimum absolute atomic E-state index is 0.136. The molecule has 0 aromatic carbocycles. The normalized spacial score (nSPS) is 25.8. The number of carbonyl (C=O) groups is 1. The van der Waals surface area contributed by atoms with E-state index in [4.69, 9.17) is 9.84 Å². The van der Waals surface area contributed by atoms with Crippen LogP contribution >= 0.6 is 0 Å². The Morgan fingerprint density at radius 3 is 2.92 bits per heavy atom. The van der Waals surface area contributed by atoms with Crippen LogP contribution in [0.1, 0.15) is 19.8 Å². The van der Waals surface area contributed by atoms with Crippen LogP contribution in [0.2, 0.25) is 0 Å². The van der Waals surface area contributed by atoms with Gasteiger partial charge >= 0.3 is 0 Å². The summed E-state index contributed by atoms with van der Waals surface area (Å²) >= 11 is 0. The monoisotopic (exact) mass is 187 g/mol. The van der Waals surface area contributed by atoms with Crippen molar-refractivity contribution in [3.63, 3.8) is 0 Å². The van der Waals surface area contributed by atoms with Crippen LogP contribution in [0.25, 0.3) is 0 Å². The third-order valence-electron chi connectivity index (χ3n) is 2.38. The van der Waals surface area contributed by atoms with Gasteiger partial charge in [-0.2, -0.15) is 0 Å². The number of hydrogen-bond donors (Lipinski definition) is 1. The number of aliphatic hydroxyl groups excluding tert-OH is 1. The molecule has 1 fully saturated rings. The van der Waals surface area contributed by atoms with E-state index in [0.717, 1.165) is 19.4 Å². The molecule has 13 heavy (non-hydrogen) atoms. The van der Waals surface area contributed by atoms with E-state index in [1.165, 1.54) is 6.92 Å². The van der Waals surface area contributed by atoms with Crippen molar-refractivity contribution in [1.82, 2.24) is 4.90 Å². The maximum absolute atomic E-state index is 11.4. The van der Waals surface area contributed by atoms with E-state index >= 15 is 0 Å². The molecule has 1 rings (SSSR count). The lowest BCUT2D eigenvalue weighted by Crippen LogP contribution is -2.46. The van der Waals surface area contributed by atoms with Crippen molar-refractivity contribution in [2.45, 2.75) is 32.0 Å². The highest BCUT2D eigenvalue weighted by Gasteiger charge is 2.25. The van der Waals surface area contributed by atoms with Gasteiger partial charge in [0, 0.05) is 20.2 Å². The molecule has 4 heteroatoms. The van der Waals surface area contributed by atoms with Crippen molar-refractivity contribution in [3.05, 3.63) is 0 Å². The Bertz CT molecular complexity index is 182. The topological polar surface area (TPSA) is 49.8 Å². The molecule has 0 spiro atoms. The van der Waals surface area contributed by atoms with Crippen LogP contribution in [-0.4, -0.2) is 48.3 Å². The summed E-state index contributed by atoms with van der Waals surface area (Å²) in [5, 5.41) is 9.10. The average molecular weight is 187 g/mol. The van der Waals surface area contributed by atoms with Gasteiger partial charge in [0.2, 0.25) is 0 Å². The van der Waals surface area contributed by atoms with E-state index < -0.39 is 6.10 Å². The van der Waals surface area contributed by atoms with Crippen LogP contribution in [-0.2, 0) is 9.53 Å². The fourth-order valence-electron chi connectivity index (χ4n) is 1.59.